The zero-order chi connectivity index (χ0) is 24.5. The fourth-order valence-corrected chi connectivity index (χ4v) is 4.17. The van der Waals surface area contributed by atoms with E-state index in [1.807, 2.05) is 24.3 Å². The number of aliphatic hydroxyl groups excluding tert-OH is 3. The summed E-state index contributed by atoms with van der Waals surface area (Å²) in [6, 6.07) is 7.82. The number of benzene rings is 1. The van der Waals surface area contributed by atoms with E-state index in [-0.39, 0.29) is 23.1 Å². The van der Waals surface area contributed by atoms with Gasteiger partial charge in [0.15, 0.2) is 17.4 Å². The van der Waals surface area contributed by atoms with Gasteiger partial charge in [0.25, 0.3) is 5.56 Å². The number of rotatable bonds is 6. The first-order chi connectivity index (χ1) is 17.0. The molecule has 0 amide bonds. The number of hydrogen-bond donors (Lipinski definition) is 6. The predicted molar refractivity (Wildman–Crippen MR) is 126 cm³/mol. The van der Waals surface area contributed by atoms with Gasteiger partial charge in [-0.3, -0.25) is 14.3 Å². The summed E-state index contributed by atoms with van der Waals surface area (Å²) in [6.45, 7) is 2.56. The summed E-state index contributed by atoms with van der Waals surface area (Å²) in [5, 5.41) is 34.4. The molecule has 0 aliphatic carbocycles. The number of ether oxygens (including phenoxy) is 2. The van der Waals surface area contributed by atoms with Crippen LogP contribution in [0.4, 0.5) is 17.6 Å². The Balaban J connectivity index is 1.42. The number of nitrogens with zero attached hydrogens (tertiary/aromatic N) is 5. The normalized spacial score (nSPS) is 25.1. The molecule has 186 valence electrons. The molecule has 4 heterocycles. The first-order valence-corrected chi connectivity index (χ1v) is 11.1. The van der Waals surface area contributed by atoms with Gasteiger partial charge in [0.1, 0.15) is 18.3 Å². The minimum absolute atomic E-state index is 0.0219. The number of morpholine rings is 1. The topological polar surface area (TPSA) is 196 Å². The van der Waals surface area contributed by atoms with Gasteiger partial charge in [-0.2, -0.15) is 10.1 Å². The van der Waals surface area contributed by atoms with E-state index in [4.69, 9.17) is 15.2 Å². The van der Waals surface area contributed by atoms with Gasteiger partial charge in [0.2, 0.25) is 11.9 Å². The third-order valence-electron chi connectivity index (χ3n) is 5.99. The number of nitrogens with two attached hydrogens (primary N) is 1. The second kappa shape index (κ2) is 9.59. The Morgan fingerprint density at radius 1 is 1.20 bits per heavy atom. The highest BCUT2D eigenvalue weighted by Gasteiger charge is 2.45. The molecule has 0 unspecified atom stereocenters. The zero-order valence-electron chi connectivity index (χ0n) is 18.6. The molecule has 7 N–H and O–H groups in total. The highest BCUT2D eigenvalue weighted by atomic mass is 16.6. The number of aromatic nitrogens is 4. The number of hydrazone groups is 1. The molecule has 2 aliphatic rings. The predicted octanol–water partition coefficient (Wildman–Crippen LogP) is -1.40. The lowest BCUT2D eigenvalue weighted by Crippen LogP contribution is -2.36. The summed E-state index contributed by atoms with van der Waals surface area (Å²) in [5.41, 5.74) is 9.71. The molecule has 4 atom stereocenters. The number of H-pyrrole nitrogens is 1. The molecule has 2 fully saturated rings. The van der Waals surface area contributed by atoms with Crippen LogP contribution in [0.25, 0.3) is 11.2 Å². The second-order valence-electron chi connectivity index (χ2n) is 8.22. The van der Waals surface area contributed by atoms with Crippen molar-refractivity contribution in [2.45, 2.75) is 24.5 Å². The third kappa shape index (κ3) is 4.44. The molecule has 0 saturated carbocycles. The molecule has 2 aliphatic heterocycles. The molecule has 5 rings (SSSR count). The molecular formula is C21H26N8O6. The summed E-state index contributed by atoms with van der Waals surface area (Å²) >= 11 is 0. The van der Waals surface area contributed by atoms with Crippen LogP contribution in [0.3, 0.4) is 0 Å². The summed E-state index contributed by atoms with van der Waals surface area (Å²) in [7, 11) is 0. The van der Waals surface area contributed by atoms with E-state index in [1.165, 1.54) is 4.57 Å². The van der Waals surface area contributed by atoms with Gasteiger partial charge < -0.3 is 35.4 Å². The lowest BCUT2D eigenvalue weighted by atomic mass is 10.1. The van der Waals surface area contributed by atoms with E-state index in [0.717, 1.165) is 24.3 Å². The number of imidazole rings is 1. The van der Waals surface area contributed by atoms with Crippen LogP contribution < -0.4 is 21.6 Å². The number of aliphatic hydroxyl groups is 3. The van der Waals surface area contributed by atoms with Crippen molar-refractivity contribution in [1.29, 1.82) is 0 Å². The van der Waals surface area contributed by atoms with Crippen molar-refractivity contribution < 1.29 is 24.8 Å². The van der Waals surface area contributed by atoms with Crippen molar-refractivity contribution in [1.82, 2.24) is 19.5 Å². The lowest BCUT2D eigenvalue weighted by Gasteiger charge is -2.28. The highest BCUT2D eigenvalue weighted by molar-refractivity contribution is 5.81. The van der Waals surface area contributed by atoms with Crippen molar-refractivity contribution in [3.8, 4) is 0 Å². The molecule has 2 saturated heterocycles. The number of nitrogen functional groups attached to an aromatic ring is 1. The maximum atomic E-state index is 12.4. The first kappa shape index (κ1) is 23.2. The number of nitrogens with one attached hydrogen (secondary N) is 2. The molecule has 14 nitrogen and oxygen atoms in total. The van der Waals surface area contributed by atoms with E-state index in [1.54, 1.807) is 6.21 Å². The minimum atomic E-state index is -1.43. The molecule has 35 heavy (non-hydrogen) atoms. The lowest BCUT2D eigenvalue weighted by molar-refractivity contribution is -0.0501. The Bertz CT molecular complexity index is 1270. The second-order valence-corrected chi connectivity index (χ2v) is 8.22. The maximum Gasteiger partial charge on any atom is 0.280 e. The molecule has 3 aromatic rings. The van der Waals surface area contributed by atoms with Gasteiger partial charge in [0.05, 0.1) is 26.0 Å². The minimum Gasteiger partial charge on any atom is -0.394 e. The fourth-order valence-electron chi connectivity index (χ4n) is 4.17. The van der Waals surface area contributed by atoms with Crippen molar-refractivity contribution in [3.05, 3.63) is 40.2 Å². The van der Waals surface area contributed by atoms with Gasteiger partial charge in [-0.15, -0.1) is 0 Å². The van der Waals surface area contributed by atoms with Crippen molar-refractivity contribution in [2.24, 2.45) is 5.10 Å². The van der Waals surface area contributed by atoms with Crippen LogP contribution in [-0.4, -0.2) is 92.3 Å². The number of anilines is 3. The molecule has 14 heteroatoms. The Labute approximate surface area is 198 Å². The Hall–Kier alpha value is -3.56. The van der Waals surface area contributed by atoms with E-state index in [9.17, 15) is 20.1 Å². The smallest absolute Gasteiger partial charge is 0.280 e. The monoisotopic (exact) mass is 486 g/mol. The Morgan fingerprint density at radius 2 is 1.94 bits per heavy atom. The van der Waals surface area contributed by atoms with Crippen molar-refractivity contribution in [3.63, 3.8) is 0 Å². The van der Waals surface area contributed by atoms with Gasteiger partial charge in [-0.25, -0.2) is 10.4 Å². The average Bonchev–Trinajstić information content (AvgIpc) is 3.36. The zero-order valence-corrected chi connectivity index (χ0v) is 18.6. The van der Waals surface area contributed by atoms with Crippen LogP contribution in [-0.2, 0) is 9.47 Å². The number of aromatic amines is 1. The molecule has 0 bridgehead atoms. The van der Waals surface area contributed by atoms with Crippen LogP contribution in [0.1, 0.15) is 11.8 Å². The number of hydrogen-bond acceptors (Lipinski definition) is 12. The van der Waals surface area contributed by atoms with Crippen LogP contribution in [0.15, 0.2) is 34.2 Å². The van der Waals surface area contributed by atoms with Crippen molar-refractivity contribution >= 4 is 35.0 Å². The Morgan fingerprint density at radius 3 is 2.63 bits per heavy atom. The quantitative estimate of drug-likeness (QED) is 0.177. The highest BCUT2D eigenvalue weighted by Crippen LogP contribution is 2.34. The summed E-state index contributed by atoms with van der Waals surface area (Å²) in [6.07, 6.45) is -3.46. The van der Waals surface area contributed by atoms with Crippen LogP contribution in [0.5, 0.6) is 0 Å². The fraction of sp³-hybridized carbons (Fsp3) is 0.429. The molecule has 0 spiro atoms. The molecule has 1 aromatic carbocycles. The maximum absolute atomic E-state index is 12.4. The van der Waals surface area contributed by atoms with E-state index in [2.05, 4.69) is 30.4 Å². The third-order valence-corrected chi connectivity index (χ3v) is 5.99. The average molecular weight is 486 g/mol. The van der Waals surface area contributed by atoms with E-state index >= 15 is 0 Å². The largest absolute Gasteiger partial charge is 0.394 e. The van der Waals surface area contributed by atoms with E-state index in [0.29, 0.717) is 13.2 Å². The van der Waals surface area contributed by atoms with E-state index < -0.39 is 36.7 Å². The van der Waals surface area contributed by atoms with Gasteiger partial charge >= 0.3 is 0 Å². The number of fused-ring (bicyclic) bond motifs is 1. The van der Waals surface area contributed by atoms with Gasteiger partial charge in [-0.1, -0.05) is 12.1 Å². The SMILES string of the molecule is Nc1nc2c(nc(N/N=C\c3ccc(N4CCOCC4)cc3)n2[C@@H]2O[C@H](CO)[C@@H](O)[C@@H]2O)c(=O)[nH]1. The molecule has 0 radical (unpaired) electrons. The molecule has 2 aromatic heterocycles. The summed E-state index contributed by atoms with van der Waals surface area (Å²) in [4.78, 5) is 25.3. The van der Waals surface area contributed by atoms with Gasteiger partial charge in [-0.05, 0) is 17.7 Å². The van der Waals surface area contributed by atoms with Crippen LogP contribution in [0, 0.1) is 0 Å². The summed E-state index contributed by atoms with van der Waals surface area (Å²) in [5.74, 6) is -0.134. The standard InChI is InChI=1S/C21H26N8O6/c22-20-25-17-14(18(33)26-20)24-21(29(17)19-16(32)15(31)13(10-30)35-19)27-23-9-11-1-3-12(4-2-11)28-5-7-34-8-6-28/h1-4,9,13,15-16,19,30-32H,5-8,10H2,(H,24,27)(H3,22,25,26,33)/b23-9-/t13-,15-,16+,19-/m1/s1. The van der Waals surface area contributed by atoms with Crippen LogP contribution >= 0.6 is 0 Å². The molecular weight excluding hydrogens is 460 g/mol. The van der Waals surface area contributed by atoms with Crippen molar-refractivity contribution in [2.75, 3.05) is 49.0 Å². The summed E-state index contributed by atoms with van der Waals surface area (Å²) < 4.78 is 12.3. The Kier molecular flexibility index (Phi) is 6.36. The van der Waals surface area contributed by atoms with Gasteiger partial charge in [0, 0.05) is 18.8 Å². The van der Waals surface area contributed by atoms with Crippen LogP contribution in [0.2, 0.25) is 0 Å². The first-order valence-electron chi connectivity index (χ1n) is 11.1.